The summed E-state index contributed by atoms with van der Waals surface area (Å²) in [7, 11) is 1.76. The summed E-state index contributed by atoms with van der Waals surface area (Å²) in [5.74, 6) is -0.398. The zero-order valence-corrected chi connectivity index (χ0v) is 17.3. The molecule has 1 aliphatic rings. The van der Waals surface area contributed by atoms with Gasteiger partial charge in [0.2, 0.25) is 5.91 Å². The minimum atomic E-state index is -1.04. The average molecular weight is 427 g/mol. The number of nitrogens with zero attached hydrogens (tertiary/aromatic N) is 4. The van der Waals surface area contributed by atoms with Gasteiger partial charge in [-0.2, -0.15) is 5.10 Å². The number of benzene rings is 1. The third-order valence-corrected chi connectivity index (χ3v) is 6.37. The highest BCUT2D eigenvalue weighted by Crippen LogP contribution is 2.39. The number of phenolic OH excluding ortho intramolecular Hbond substituents is 1. The quantitative estimate of drug-likeness (QED) is 0.478. The Morgan fingerprint density at radius 2 is 2.20 bits per heavy atom. The maximum Gasteiger partial charge on any atom is 0.278 e. The zero-order chi connectivity index (χ0) is 21.4. The second-order valence-electron chi connectivity index (χ2n) is 7.24. The van der Waals surface area contributed by atoms with E-state index >= 15 is 0 Å². The Hall–Kier alpha value is -3.24. The normalized spacial score (nSPS) is 14.9. The summed E-state index contributed by atoms with van der Waals surface area (Å²) in [5, 5.41) is 31.2. The fraction of sp³-hybridized carbons (Fsp3) is 0.300. The smallest absolute Gasteiger partial charge is 0.278 e. The first-order chi connectivity index (χ1) is 14.3. The van der Waals surface area contributed by atoms with Gasteiger partial charge in [-0.05, 0) is 36.4 Å². The molecule has 1 aromatic carbocycles. The van der Waals surface area contributed by atoms with Gasteiger partial charge in [-0.1, -0.05) is 6.07 Å². The highest BCUT2D eigenvalue weighted by Gasteiger charge is 2.37. The Kier molecular flexibility index (Phi) is 5.27. The van der Waals surface area contributed by atoms with E-state index in [1.54, 1.807) is 29.1 Å². The molecule has 0 spiro atoms. The number of hydrogen-bond donors (Lipinski definition) is 2. The van der Waals surface area contributed by atoms with E-state index in [1.807, 2.05) is 23.3 Å². The lowest BCUT2D eigenvalue weighted by Gasteiger charge is -2.33. The van der Waals surface area contributed by atoms with Gasteiger partial charge in [0, 0.05) is 42.8 Å². The van der Waals surface area contributed by atoms with Crippen molar-refractivity contribution in [1.82, 2.24) is 14.7 Å². The van der Waals surface area contributed by atoms with Gasteiger partial charge in [0.1, 0.15) is 11.8 Å². The molecule has 0 aliphatic carbocycles. The molecule has 3 heterocycles. The van der Waals surface area contributed by atoms with Crippen LogP contribution in [0.25, 0.3) is 0 Å². The Balaban J connectivity index is 1.76. The van der Waals surface area contributed by atoms with Crippen molar-refractivity contribution in [1.29, 1.82) is 0 Å². The minimum Gasteiger partial charge on any atom is -0.507 e. The number of anilines is 1. The topological polar surface area (TPSA) is 114 Å². The molecule has 1 aliphatic heterocycles. The molecule has 30 heavy (non-hydrogen) atoms. The van der Waals surface area contributed by atoms with Crippen LogP contribution in [0.1, 0.15) is 27.7 Å². The van der Waals surface area contributed by atoms with E-state index in [9.17, 15) is 20.0 Å². The van der Waals surface area contributed by atoms with Crippen molar-refractivity contribution in [3.05, 3.63) is 67.5 Å². The number of hydrogen-bond acceptors (Lipinski definition) is 7. The van der Waals surface area contributed by atoms with Crippen LogP contribution in [0.3, 0.4) is 0 Å². The second-order valence-corrected chi connectivity index (χ2v) is 8.24. The van der Waals surface area contributed by atoms with Crippen molar-refractivity contribution in [2.24, 2.45) is 7.05 Å². The number of fused-ring (bicyclic) bond motifs is 1. The van der Waals surface area contributed by atoms with Crippen molar-refractivity contribution in [2.45, 2.75) is 25.9 Å². The monoisotopic (exact) mass is 427 g/mol. The fourth-order valence-corrected chi connectivity index (χ4v) is 4.66. The number of nitrogens with one attached hydrogen (secondary N) is 1. The van der Waals surface area contributed by atoms with Gasteiger partial charge in [-0.15, -0.1) is 11.3 Å². The van der Waals surface area contributed by atoms with Gasteiger partial charge in [-0.25, -0.2) is 0 Å². The third kappa shape index (κ3) is 3.66. The summed E-state index contributed by atoms with van der Waals surface area (Å²) in [6.07, 6.45) is 0.737. The van der Waals surface area contributed by atoms with Crippen molar-refractivity contribution in [3.8, 4) is 5.75 Å². The lowest BCUT2D eigenvalue weighted by atomic mass is 9.98. The predicted molar refractivity (Wildman–Crippen MR) is 113 cm³/mol. The van der Waals surface area contributed by atoms with Crippen LogP contribution in [0, 0.1) is 17.0 Å². The molecule has 10 heteroatoms. The molecule has 2 aromatic heterocycles. The number of aryl methyl sites for hydroxylation is 2. The van der Waals surface area contributed by atoms with E-state index in [4.69, 9.17) is 0 Å². The largest absolute Gasteiger partial charge is 0.507 e. The van der Waals surface area contributed by atoms with Gasteiger partial charge in [0.25, 0.3) is 5.69 Å². The van der Waals surface area contributed by atoms with Crippen molar-refractivity contribution >= 4 is 28.7 Å². The van der Waals surface area contributed by atoms with Crippen LogP contribution in [0.5, 0.6) is 5.75 Å². The van der Waals surface area contributed by atoms with Gasteiger partial charge in [0.15, 0.2) is 5.82 Å². The Morgan fingerprint density at radius 3 is 2.90 bits per heavy atom. The first-order valence-electron chi connectivity index (χ1n) is 9.42. The lowest BCUT2D eigenvalue weighted by Crippen LogP contribution is -2.40. The number of carbonyl (C=O) groups excluding carboxylic acids is 1. The molecule has 3 aromatic rings. The van der Waals surface area contributed by atoms with Crippen molar-refractivity contribution in [3.63, 3.8) is 0 Å². The summed E-state index contributed by atoms with van der Waals surface area (Å²) in [6.45, 7) is 2.86. The predicted octanol–water partition coefficient (Wildman–Crippen LogP) is 3.14. The number of carbonyl (C=O) groups is 1. The third-order valence-electron chi connectivity index (χ3n) is 5.35. The Labute approximate surface area is 176 Å². The number of phenols is 1. The average Bonchev–Trinajstić information content (AvgIpc) is 3.28. The number of aromatic nitrogens is 2. The highest BCUT2D eigenvalue weighted by molar-refractivity contribution is 7.10. The van der Waals surface area contributed by atoms with Crippen LogP contribution >= 0.6 is 11.3 Å². The van der Waals surface area contributed by atoms with Crippen LogP contribution < -0.4 is 5.32 Å². The molecule has 1 atom stereocenters. The number of nitro groups is 1. The van der Waals surface area contributed by atoms with E-state index < -0.39 is 16.9 Å². The number of rotatable bonds is 5. The van der Waals surface area contributed by atoms with Gasteiger partial charge in [-0.3, -0.25) is 24.5 Å². The van der Waals surface area contributed by atoms with Crippen LogP contribution in [-0.4, -0.2) is 37.2 Å². The van der Waals surface area contributed by atoms with Gasteiger partial charge < -0.3 is 10.4 Å². The summed E-state index contributed by atoms with van der Waals surface area (Å²) >= 11 is 1.66. The second kappa shape index (κ2) is 7.88. The van der Waals surface area contributed by atoms with Crippen LogP contribution in [-0.2, 0) is 24.8 Å². The molecule has 0 radical (unpaired) electrons. The highest BCUT2D eigenvalue weighted by atomic mass is 32.1. The van der Waals surface area contributed by atoms with Gasteiger partial charge >= 0.3 is 0 Å². The minimum absolute atomic E-state index is 0.00803. The molecule has 0 saturated heterocycles. The molecular formula is C20H21N5O4S. The van der Waals surface area contributed by atoms with E-state index in [0.717, 1.165) is 17.7 Å². The number of amides is 1. The van der Waals surface area contributed by atoms with E-state index in [-0.39, 0.29) is 17.0 Å². The van der Waals surface area contributed by atoms with Crippen LogP contribution in [0.15, 0.2) is 35.7 Å². The maximum absolute atomic E-state index is 13.4. The summed E-state index contributed by atoms with van der Waals surface area (Å²) in [5.41, 5.74) is 1.65. The first kappa shape index (κ1) is 20.0. The number of aromatic hydroxyl groups is 1. The van der Waals surface area contributed by atoms with Crippen molar-refractivity contribution < 1.29 is 14.8 Å². The molecular weight excluding hydrogens is 406 g/mol. The van der Waals surface area contributed by atoms with E-state index in [0.29, 0.717) is 18.9 Å². The van der Waals surface area contributed by atoms with E-state index in [2.05, 4.69) is 10.4 Å². The molecule has 156 valence electrons. The van der Waals surface area contributed by atoms with Crippen LogP contribution in [0.4, 0.5) is 11.5 Å². The molecule has 1 unspecified atom stereocenters. The van der Waals surface area contributed by atoms with Gasteiger partial charge in [0.05, 0.1) is 10.5 Å². The maximum atomic E-state index is 13.4. The van der Waals surface area contributed by atoms with E-state index in [1.165, 1.54) is 23.1 Å². The fourth-order valence-electron chi connectivity index (χ4n) is 3.77. The number of thiophene rings is 1. The summed E-state index contributed by atoms with van der Waals surface area (Å²) in [4.78, 5) is 27.6. The SMILES string of the molecule is Cc1cc(NC(=O)C(c2c(O)cccc2[N+](=O)[O-])N2CCc3sccc3C2)nn1C. The molecule has 4 rings (SSSR count). The molecule has 0 fully saturated rings. The zero-order valence-electron chi connectivity index (χ0n) is 16.5. The molecule has 2 N–H and O–H groups in total. The first-order valence-corrected chi connectivity index (χ1v) is 10.3. The number of nitro benzene ring substituents is 1. The summed E-state index contributed by atoms with van der Waals surface area (Å²) in [6, 6.07) is 6.76. The van der Waals surface area contributed by atoms with Crippen molar-refractivity contribution in [2.75, 3.05) is 11.9 Å². The Bertz CT molecular complexity index is 1100. The van der Waals surface area contributed by atoms with Crippen LogP contribution in [0.2, 0.25) is 0 Å². The molecule has 0 bridgehead atoms. The molecule has 0 saturated carbocycles. The Morgan fingerprint density at radius 1 is 1.40 bits per heavy atom. The molecule has 9 nitrogen and oxygen atoms in total. The molecule has 1 amide bonds. The standard InChI is InChI=1S/C20H21N5O4S/c1-12-10-17(22-23(12)2)21-20(27)19(18-14(25(28)29)4-3-5-15(18)26)24-8-6-16-13(11-24)7-9-30-16/h3-5,7,9-10,19,26H,6,8,11H2,1-2H3,(H,21,22,27). The lowest BCUT2D eigenvalue weighted by molar-refractivity contribution is -0.386. The summed E-state index contributed by atoms with van der Waals surface area (Å²) < 4.78 is 1.63.